The zero-order valence-electron chi connectivity index (χ0n) is 18.5. The van der Waals surface area contributed by atoms with Crippen LogP contribution in [0.25, 0.3) is 0 Å². The topological polar surface area (TPSA) is 98.2 Å². The van der Waals surface area contributed by atoms with Crippen molar-refractivity contribution in [3.63, 3.8) is 0 Å². The molecule has 1 aliphatic rings. The molecule has 0 aliphatic carbocycles. The van der Waals surface area contributed by atoms with E-state index in [1.807, 2.05) is 18.2 Å². The molecule has 3 rings (SSSR count). The summed E-state index contributed by atoms with van der Waals surface area (Å²) in [5.74, 6) is 0.776. The van der Waals surface area contributed by atoms with Gasteiger partial charge in [0.05, 0.1) is 13.2 Å². The number of likely N-dealkylation sites (tertiary alicyclic amines) is 1. The van der Waals surface area contributed by atoms with E-state index in [1.165, 1.54) is 12.8 Å². The van der Waals surface area contributed by atoms with Gasteiger partial charge in [-0.05, 0) is 75.0 Å². The molecule has 1 amide bonds. The summed E-state index contributed by atoms with van der Waals surface area (Å²) in [5, 5.41) is 12.3. The van der Waals surface area contributed by atoms with Crippen LogP contribution in [0, 0.1) is 25.2 Å². The van der Waals surface area contributed by atoms with E-state index in [4.69, 9.17) is 4.74 Å². The first-order valence-corrected chi connectivity index (χ1v) is 10.7. The monoisotopic (exact) mass is 422 g/mol. The van der Waals surface area contributed by atoms with Crippen LogP contribution in [0.15, 0.2) is 29.1 Å². The molecule has 2 heterocycles. The second-order valence-corrected chi connectivity index (χ2v) is 8.01. The van der Waals surface area contributed by atoms with Gasteiger partial charge in [-0.15, -0.1) is 0 Å². The first-order chi connectivity index (χ1) is 14.9. The molecule has 1 aliphatic heterocycles. The number of carbonyl (C=O) groups is 1. The average molecular weight is 423 g/mol. The van der Waals surface area contributed by atoms with E-state index in [1.54, 1.807) is 21.0 Å². The normalized spacial score (nSPS) is 14.8. The van der Waals surface area contributed by atoms with Crippen LogP contribution in [-0.2, 0) is 11.2 Å². The number of hydrogen-bond donors (Lipinski definition) is 2. The van der Waals surface area contributed by atoms with Crippen molar-refractivity contribution in [2.75, 3.05) is 26.7 Å². The van der Waals surface area contributed by atoms with E-state index in [0.717, 1.165) is 30.0 Å². The number of nitrogens with zero attached hydrogens (tertiary/aromatic N) is 2. The number of benzene rings is 1. The van der Waals surface area contributed by atoms with Crippen molar-refractivity contribution in [1.29, 1.82) is 5.26 Å². The van der Waals surface area contributed by atoms with Gasteiger partial charge < -0.3 is 15.0 Å². The highest BCUT2D eigenvalue weighted by Gasteiger charge is 2.24. The third kappa shape index (κ3) is 5.33. The molecule has 1 fully saturated rings. The van der Waals surface area contributed by atoms with Gasteiger partial charge in [-0.25, -0.2) is 0 Å². The summed E-state index contributed by atoms with van der Waals surface area (Å²) in [7, 11) is 1.65. The lowest BCUT2D eigenvalue weighted by atomic mass is 9.99. The molecule has 0 unspecified atom stereocenters. The first kappa shape index (κ1) is 22.6. The van der Waals surface area contributed by atoms with Crippen LogP contribution >= 0.6 is 0 Å². The number of H-pyrrole nitrogens is 1. The maximum Gasteiger partial charge on any atom is 0.266 e. The Hall–Kier alpha value is -3.11. The van der Waals surface area contributed by atoms with Gasteiger partial charge in [-0.1, -0.05) is 12.1 Å². The number of amides is 1. The lowest BCUT2D eigenvalue weighted by molar-refractivity contribution is -0.121. The zero-order chi connectivity index (χ0) is 22.4. The van der Waals surface area contributed by atoms with Crippen LogP contribution < -0.4 is 15.6 Å². The van der Waals surface area contributed by atoms with E-state index < -0.39 is 0 Å². The minimum Gasteiger partial charge on any atom is -0.497 e. The SMILES string of the molecule is COc1ccc([C@@H](CNC(=O)CCc2c(C)[nH]c(=O)c(C#N)c2C)N2CCCC2)cc1. The van der Waals surface area contributed by atoms with Crippen molar-refractivity contribution in [1.82, 2.24) is 15.2 Å². The van der Waals surface area contributed by atoms with Gasteiger partial charge in [-0.2, -0.15) is 5.26 Å². The smallest absolute Gasteiger partial charge is 0.266 e. The van der Waals surface area contributed by atoms with Gasteiger partial charge in [0.2, 0.25) is 5.91 Å². The number of aryl methyl sites for hydroxylation is 1. The number of ether oxygens (including phenoxy) is 1. The maximum atomic E-state index is 12.6. The van der Waals surface area contributed by atoms with Crippen LogP contribution in [-0.4, -0.2) is 42.5 Å². The minimum absolute atomic E-state index is 0.0405. The number of pyridine rings is 1. The minimum atomic E-state index is -0.376. The highest BCUT2D eigenvalue weighted by molar-refractivity contribution is 5.76. The van der Waals surface area contributed by atoms with Gasteiger partial charge in [0.25, 0.3) is 5.56 Å². The molecule has 2 aromatic rings. The molecule has 1 saturated heterocycles. The summed E-state index contributed by atoms with van der Waals surface area (Å²) >= 11 is 0. The maximum absolute atomic E-state index is 12.6. The van der Waals surface area contributed by atoms with Gasteiger partial charge in [0, 0.05) is 18.7 Å². The lowest BCUT2D eigenvalue weighted by Crippen LogP contribution is -2.37. The Morgan fingerprint density at radius 2 is 1.94 bits per heavy atom. The third-order valence-electron chi connectivity index (χ3n) is 6.10. The van der Waals surface area contributed by atoms with Crippen molar-refractivity contribution in [2.24, 2.45) is 0 Å². The number of hydrogen-bond acceptors (Lipinski definition) is 5. The number of nitrogens with one attached hydrogen (secondary N) is 2. The van der Waals surface area contributed by atoms with Crippen LogP contribution in [0.2, 0.25) is 0 Å². The second kappa shape index (κ2) is 10.3. The van der Waals surface area contributed by atoms with Gasteiger partial charge >= 0.3 is 0 Å². The zero-order valence-corrected chi connectivity index (χ0v) is 18.5. The molecule has 7 nitrogen and oxygen atoms in total. The summed E-state index contributed by atoms with van der Waals surface area (Å²) in [6.07, 6.45) is 3.12. The molecule has 1 aromatic heterocycles. The van der Waals surface area contributed by atoms with Crippen LogP contribution in [0.5, 0.6) is 5.75 Å². The Morgan fingerprint density at radius 1 is 1.26 bits per heavy atom. The van der Waals surface area contributed by atoms with Crippen molar-refractivity contribution >= 4 is 5.91 Å². The highest BCUT2D eigenvalue weighted by atomic mass is 16.5. The van der Waals surface area contributed by atoms with E-state index in [2.05, 4.69) is 27.3 Å². The van der Waals surface area contributed by atoms with E-state index in [9.17, 15) is 14.9 Å². The van der Waals surface area contributed by atoms with Crippen molar-refractivity contribution in [3.8, 4) is 11.8 Å². The van der Waals surface area contributed by atoms with Crippen molar-refractivity contribution < 1.29 is 9.53 Å². The molecular weight excluding hydrogens is 392 g/mol. The second-order valence-electron chi connectivity index (χ2n) is 8.01. The summed E-state index contributed by atoms with van der Waals surface area (Å²) < 4.78 is 5.26. The summed E-state index contributed by atoms with van der Waals surface area (Å²) in [6.45, 7) is 6.16. The quantitative estimate of drug-likeness (QED) is 0.682. The number of aromatic amines is 1. The molecule has 7 heteroatoms. The molecule has 1 aromatic carbocycles. The molecule has 164 valence electrons. The Balaban J connectivity index is 1.65. The number of carbonyl (C=O) groups excluding carboxylic acids is 1. The van der Waals surface area contributed by atoms with E-state index in [-0.39, 0.29) is 23.1 Å². The summed E-state index contributed by atoms with van der Waals surface area (Å²) in [6, 6.07) is 10.1. The molecule has 0 radical (unpaired) electrons. The Labute approximate surface area is 183 Å². The summed E-state index contributed by atoms with van der Waals surface area (Å²) in [5.41, 5.74) is 3.13. The first-order valence-electron chi connectivity index (χ1n) is 10.7. The molecule has 0 bridgehead atoms. The van der Waals surface area contributed by atoms with Crippen LogP contribution in [0.1, 0.15) is 53.3 Å². The van der Waals surface area contributed by atoms with Gasteiger partial charge in [-0.3, -0.25) is 14.5 Å². The highest BCUT2D eigenvalue weighted by Crippen LogP contribution is 2.26. The summed E-state index contributed by atoms with van der Waals surface area (Å²) in [4.78, 5) is 29.6. The van der Waals surface area contributed by atoms with Crippen molar-refractivity contribution in [3.05, 3.63) is 62.6 Å². The average Bonchev–Trinajstić information content (AvgIpc) is 3.29. The molecule has 31 heavy (non-hydrogen) atoms. The largest absolute Gasteiger partial charge is 0.497 e. The molecule has 0 saturated carbocycles. The predicted octanol–water partition coefficient (Wildman–Crippen LogP) is 2.76. The molecular formula is C24H30N4O3. The van der Waals surface area contributed by atoms with Gasteiger partial charge in [0.1, 0.15) is 17.4 Å². The Kier molecular flexibility index (Phi) is 7.48. The predicted molar refractivity (Wildman–Crippen MR) is 119 cm³/mol. The Bertz CT molecular complexity index is 1010. The number of rotatable bonds is 8. The fraction of sp³-hybridized carbons (Fsp3) is 0.458. The number of aromatic nitrogens is 1. The van der Waals surface area contributed by atoms with Crippen LogP contribution in [0.3, 0.4) is 0 Å². The van der Waals surface area contributed by atoms with Gasteiger partial charge in [0.15, 0.2) is 0 Å². The lowest BCUT2D eigenvalue weighted by Gasteiger charge is -2.28. The van der Waals surface area contributed by atoms with E-state index >= 15 is 0 Å². The number of nitriles is 1. The molecule has 0 spiro atoms. The fourth-order valence-electron chi connectivity index (χ4n) is 4.29. The third-order valence-corrected chi connectivity index (χ3v) is 6.10. The van der Waals surface area contributed by atoms with Crippen LogP contribution in [0.4, 0.5) is 0 Å². The fourth-order valence-corrected chi connectivity index (χ4v) is 4.29. The van der Waals surface area contributed by atoms with E-state index in [0.29, 0.717) is 30.6 Å². The Morgan fingerprint density at radius 3 is 2.55 bits per heavy atom. The molecule has 1 atom stereocenters. The number of methoxy groups -OCH3 is 1. The standard InChI is InChI=1S/C24H30N4O3/c1-16-20(17(2)27-24(30)21(16)14-25)10-11-23(29)26-15-22(28-12-4-5-13-28)18-6-8-19(31-3)9-7-18/h6-9,22H,4-5,10-13,15H2,1-3H3,(H,26,29)(H,27,30)/t22-/m1/s1. The van der Waals surface area contributed by atoms with Crippen molar-refractivity contribution in [2.45, 2.75) is 45.6 Å². The molecule has 2 N–H and O–H groups in total.